The smallest absolute Gasteiger partial charge is 0.321 e. The highest BCUT2D eigenvalue weighted by Crippen LogP contribution is 2.54. The standard InChI is InChI=1S/C14H19NO3/c1-5-10-7-14(13(17)18-4)8-11(10)9(3)15(6-2)12(14)16/h5,11H,3,6-8H2,1-2,4H3/b10-5-/t11-,14-/m1/s1. The number of nitrogens with zero attached hydrogens (tertiary/aromatic N) is 1. The van der Waals surface area contributed by atoms with E-state index in [1.54, 1.807) is 4.90 Å². The molecule has 1 saturated carbocycles. The quantitative estimate of drug-likeness (QED) is 0.426. The molecular formula is C14H19NO3. The number of amides is 1. The number of hydrogen-bond acceptors (Lipinski definition) is 3. The predicted molar refractivity (Wildman–Crippen MR) is 67.5 cm³/mol. The second-order valence-electron chi connectivity index (χ2n) is 4.91. The molecule has 2 atom stereocenters. The van der Waals surface area contributed by atoms with Gasteiger partial charge in [-0.3, -0.25) is 9.59 Å². The van der Waals surface area contributed by atoms with E-state index < -0.39 is 11.4 Å². The highest BCUT2D eigenvalue weighted by atomic mass is 16.5. The van der Waals surface area contributed by atoms with Gasteiger partial charge in [-0.2, -0.15) is 0 Å². The van der Waals surface area contributed by atoms with E-state index in [1.807, 2.05) is 19.9 Å². The molecule has 4 heteroatoms. The molecule has 0 N–H and O–H groups in total. The van der Waals surface area contributed by atoms with Crippen molar-refractivity contribution in [1.29, 1.82) is 0 Å². The molecule has 0 spiro atoms. The topological polar surface area (TPSA) is 46.6 Å². The van der Waals surface area contributed by atoms with Crippen LogP contribution in [0, 0.1) is 11.3 Å². The van der Waals surface area contributed by atoms with Gasteiger partial charge in [-0.25, -0.2) is 0 Å². The van der Waals surface area contributed by atoms with E-state index in [1.165, 1.54) is 7.11 Å². The number of carbonyl (C=O) groups excluding carboxylic acids is 2. The first kappa shape index (κ1) is 12.9. The molecule has 2 aliphatic rings. The first-order valence-corrected chi connectivity index (χ1v) is 6.26. The molecule has 1 aliphatic heterocycles. The molecule has 0 radical (unpaired) electrons. The summed E-state index contributed by atoms with van der Waals surface area (Å²) in [5.74, 6) is -0.470. The third-order valence-electron chi connectivity index (χ3n) is 4.17. The Hall–Kier alpha value is -1.58. The molecular weight excluding hydrogens is 230 g/mol. The number of hydrogen-bond donors (Lipinski definition) is 0. The van der Waals surface area contributed by atoms with Gasteiger partial charge in [0, 0.05) is 18.2 Å². The van der Waals surface area contributed by atoms with Crippen molar-refractivity contribution in [2.24, 2.45) is 11.3 Å². The zero-order valence-electron chi connectivity index (χ0n) is 11.2. The highest BCUT2D eigenvalue weighted by molar-refractivity contribution is 6.05. The summed E-state index contributed by atoms with van der Waals surface area (Å²) in [6.45, 7) is 8.40. The lowest BCUT2D eigenvalue weighted by Gasteiger charge is -2.38. The summed E-state index contributed by atoms with van der Waals surface area (Å²) in [4.78, 5) is 26.2. The Kier molecular flexibility index (Phi) is 3.05. The van der Waals surface area contributed by atoms with Crippen LogP contribution in [0.1, 0.15) is 26.7 Å². The van der Waals surface area contributed by atoms with Crippen molar-refractivity contribution in [2.45, 2.75) is 26.7 Å². The van der Waals surface area contributed by atoms with Crippen LogP contribution in [0.2, 0.25) is 0 Å². The van der Waals surface area contributed by atoms with E-state index in [9.17, 15) is 9.59 Å². The molecule has 0 aromatic rings. The molecule has 98 valence electrons. The zero-order valence-corrected chi connectivity index (χ0v) is 11.2. The molecule has 2 bridgehead atoms. The van der Waals surface area contributed by atoms with Gasteiger partial charge >= 0.3 is 5.97 Å². The van der Waals surface area contributed by atoms with Crippen molar-refractivity contribution in [3.8, 4) is 0 Å². The second-order valence-corrected chi connectivity index (χ2v) is 4.91. The van der Waals surface area contributed by atoms with Crippen LogP contribution < -0.4 is 0 Å². The number of ether oxygens (including phenoxy) is 1. The summed E-state index contributed by atoms with van der Waals surface area (Å²) in [6.07, 6.45) is 2.97. The Bertz CT molecular complexity index is 452. The molecule has 0 unspecified atom stereocenters. The first-order chi connectivity index (χ1) is 8.51. The van der Waals surface area contributed by atoms with Gasteiger partial charge in [-0.1, -0.05) is 18.2 Å². The highest BCUT2D eigenvalue weighted by Gasteiger charge is 2.60. The molecule has 2 rings (SSSR count). The summed E-state index contributed by atoms with van der Waals surface area (Å²) in [5.41, 5.74) is 0.917. The van der Waals surface area contributed by atoms with E-state index in [2.05, 4.69) is 6.58 Å². The number of rotatable bonds is 2. The van der Waals surface area contributed by atoms with Crippen molar-refractivity contribution in [2.75, 3.05) is 13.7 Å². The summed E-state index contributed by atoms with van der Waals surface area (Å²) in [5, 5.41) is 0. The lowest BCUT2D eigenvalue weighted by molar-refractivity contribution is -0.163. The van der Waals surface area contributed by atoms with Crippen LogP contribution in [0.15, 0.2) is 23.9 Å². The molecule has 1 aliphatic carbocycles. The van der Waals surface area contributed by atoms with Crippen molar-refractivity contribution < 1.29 is 14.3 Å². The van der Waals surface area contributed by atoms with Gasteiger partial charge in [0.1, 0.15) is 0 Å². The van der Waals surface area contributed by atoms with Gasteiger partial charge in [0.15, 0.2) is 5.41 Å². The van der Waals surface area contributed by atoms with Gasteiger partial charge in [-0.15, -0.1) is 0 Å². The second kappa shape index (κ2) is 4.26. The number of piperidine rings is 1. The molecule has 18 heavy (non-hydrogen) atoms. The van der Waals surface area contributed by atoms with Crippen LogP contribution in [-0.4, -0.2) is 30.4 Å². The van der Waals surface area contributed by atoms with Crippen LogP contribution in [0.4, 0.5) is 0 Å². The number of carbonyl (C=O) groups is 2. The summed E-state index contributed by atoms with van der Waals surface area (Å²) in [7, 11) is 1.34. The maximum Gasteiger partial charge on any atom is 0.321 e. The predicted octanol–water partition coefficient (Wildman–Crippen LogP) is 1.88. The molecule has 1 saturated heterocycles. The van der Waals surface area contributed by atoms with Crippen molar-refractivity contribution in [1.82, 2.24) is 4.90 Å². The van der Waals surface area contributed by atoms with Crippen molar-refractivity contribution in [3.63, 3.8) is 0 Å². The normalized spacial score (nSPS) is 33.2. The van der Waals surface area contributed by atoms with Crippen LogP contribution in [0.5, 0.6) is 0 Å². The van der Waals surface area contributed by atoms with Gasteiger partial charge in [0.25, 0.3) is 0 Å². The van der Waals surface area contributed by atoms with Gasteiger partial charge in [0.2, 0.25) is 5.91 Å². The average Bonchev–Trinajstić information content (AvgIpc) is 2.75. The van der Waals surface area contributed by atoms with E-state index in [4.69, 9.17) is 4.74 Å². The van der Waals surface area contributed by atoms with Crippen LogP contribution in [0.3, 0.4) is 0 Å². The molecule has 0 aromatic carbocycles. The van der Waals surface area contributed by atoms with Crippen LogP contribution in [0.25, 0.3) is 0 Å². The number of fused-ring (bicyclic) bond motifs is 2. The fourth-order valence-corrected chi connectivity index (χ4v) is 3.18. The molecule has 1 heterocycles. The van der Waals surface area contributed by atoms with Gasteiger partial charge in [-0.05, 0) is 26.7 Å². The SMILES string of the molecule is C=C1[C@H]2C[C@](C(=O)OC)(C/C2=C/C)C(=O)N1CC. The van der Waals surface area contributed by atoms with Crippen LogP contribution >= 0.6 is 0 Å². The Morgan fingerprint density at radius 2 is 2.33 bits per heavy atom. The van der Waals surface area contributed by atoms with Crippen LogP contribution in [-0.2, 0) is 14.3 Å². The van der Waals surface area contributed by atoms with E-state index in [0.717, 1.165) is 11.3 Å². The van der Waals surface area contributed by atoms with Crippen molar-refractivity contribution >= 4 is 11.9 Å². The minimum Gasteiger partial charge on any atom is -0.468 e. The summed E-state index contributed by atoms with van der Waals surface area (Å²) >= 11 is 0. The van der Waals surface area contributed by atoms with Gasteiger partial charge < -0.3 is 9.64 Å². The Morgan fingerprint density at radius 1 is 1.67 bits per heavy atom. The maximum atomic E-state index is 12.5. The fraction of sp³-hybridized carbons (Fsp3) is 0.571. The zero-order chi connectivity index (χ0) is 13.5. The molecule has 0 aromatic heterocycles. The summed E-state index contributed by atoms with van der Waals surface area (Å²) < 4.78 is 4.86. The first-order valence-electron chi connectivity index (χ1n) is 6.26. The average molecular weight is 249 g/mol. The minimum atomic E-state index is -1.02. The molecule has 1 amide bonds. The maximum absolute atomic E-state index is 12.5. The fourth-order valence-electron chi connectivity index (χ4n) is 3.18. The van der Waals surface area contributed by atoms with Crippen molar-refractivity contribution in [3.05, 3.63) is 23.9 Å². The lowest BCUT2D eigenvalue weighted by atomic mass is 9.80. The largest absolute Gasteiger partial charge is 0.468 e. The number of esters is 1. The Labute approximate surface area is 107 Å². The lowest BCUT2D eigenvalue weighted by Crippen LogP contribution is -2.50. The van der Waals surface area contributed by atoms with E-state index in [-0.39, 0.29) is 11.8 Å². The monoisotopic (exact) mass is 249 g/mol. The van der Waals surface area contributed by atoms with E-state index >= 15 is 0 Å². The Morgan fingerprint density at radius 3 is 2.83 bits per heavy atom. The number of allylic oxidation sites excluding steroid dienone is 2. The van der Waals surface area contributed by atoms with E-state index in [0.29, 0.717) is 19.4 Å². The third kappa shape index (κ3) is 1.44. The third-order valence-corrected chi connectivity index (χ3v) is 4.17. The number of methoxy groups -OCH3 is 1. The molecule has 2 fully saturated rings. The number of likely N-dealkylation sites (tertiary alicyclic amines) is 1. The summed E-state index contributed by atoms with van der Waals surface area (Å²) in [6, 6.07) is 0. The van der Waals surface area contributed by atoms with Gasteiger partial charge in [0.05, 0.1) is 7.11 Å². The molecule has 4 nitrogen and oxygen atoms in total. The Balaban J connectivity index is 2.52. The minimum absolute atomic E-state index is 0.103.